The van der Waals surface area contributed by atoms with Crippen LogP contribution in [0, 0.1) is 0 Å². The Hall–Kier alpha value is -1.89. The average Bonchev–Trinajstić information content (AvgIpc) is 3.57. The van der Waals surface area contributed by atoms with E-state index < -0.39 is 6.10 Å². The molecule has 0 aromatic heterocycles. The summed E-state index contributed by atoms with van der Waals surface area (Å²) in [5.41, 5.74) is 3.24. The molecule has 0 unspecified atom stereocenters. The lowest BCUT2D eigenvalue weighted by Gasteiger charge is -2.35. The molecule has 2 N–H and O–H groups in total. The zero-order valence-electron chi connectivity index (χ0n) is 17.1. The maximum Gasteiger partial charge on any atom is 0.253 e. The molecule has 1 aromatic carbocycles. The van der Waals surface area contributed by atoms with Gasteiger partial charge in [0.25, 0.3) is 5.91 Å². The van der Waals surface area contributed by atoms with E-state index in [0.29, 0.717) is 25.6 Å². The molecule has 1 amide bonds. The van der Waals surface area contributed by atoms with E-state index >= 15 is 0 Å². The van der Waals surface area contributed by atoms with Gasteiger partial charge in [0.15, 0.2) is 0 Å². The van der Waals surface area contributed by atoms with Crippen molar-refractivity contribution in [1.82, 2.24) is 10.2 Å². The van der Waals surface area contributed by atoms with Gasteiger partial charge in [-0.15, -0.1) is 0 Å². The van der Waals surface area contributed by atoms with Gasteiger partial charge in [-0.25, -0.2) is 0 Å². The van der Waals surface area contributed by atoms with E-state index in [1.54, 1.807) is 0 Å². The molecule has 2 fully saturated rings. The maximum absolute atomic E-state index is 13.2. The van der Waals surface area contributed by atoms with Crippen LogP contribution in [0.5, 0.6) is 0 Å². The Morgan fingerprint density at radius 3 is 2.86 bits per heavy atom. The van der Waals surface area contributed by atoms with Crippen molar-refractivity contribution in [3.8, 4) is 0 Å². The topological polar surface area (TPSA) is 65.0 Å². The minimum atomic E-state index is -0.393. The van der Waals surface area contributed by atoms with Crippen molar-refractivity contribution in [3.05, 3.63) is 35.9 Å². The monoisotopic (exact) mass is 387 g/mol. The molecule has 154 valence electrons. The van der Waals surface area contributed by atoms with Gasteiger partial charge >= 0.3 is 0 Å². The lowest BCUT2D eigenvalue weighted by molar-refractivity contribution is -0.148. The first-order valence-electron chi connectivity index (χ1n) is 10.3. The fourth-order valence-corrected chi connectivity index (χ4v) is 3.84. The zero-order chi connectivity index (χ0) is 20.1. The average molecular weight is 388 g/mol. The number of ether oxygens (including phenoxy) is 1. The number of amides is 1. The number of rotatable bonds is 9. The molecule has 0 radical (unpaired) electrons. The number of aliphatic hydroxyl groups excluding tert-OH is 1. The Morgan fingerprint density at radius 2 is 2.25 bits per heavy atom. The molecule has 2 aliphatic rings. The molecule has 6 nitrogen and oxygen atoms in total. The number of aliphatic hydroxyl groups is 1. The van der Waals surface area contributed by atoms with Crippen LogP contribution in [0.3, 0.4) is 0 Å². The zero-order valence-corrected chi connectivity index (χ0v) is 17.1. The summed E-state index contributed by atoms with van der Waals surface area (Å²) < 4.78 is 5.73. The molecule has 0 bridgehead atoms. The van der Waals surface area contributed by atoms with Gasteiger partial charge in [-0.2, -0.15) is 0 Å². The van der Waals surface area contributed by atoms with Crippen LogP contribution in [0.2, 0.25) is 0 Å². The highest BCUT2D eigenvalue weighted by atomic mass is 16.5. The van der Waals surface area contributed by atoms with Gasteiger partial charge in [0.2, 0.25) is 0 Å². The number of carbonyl (C=O) groups excluding carboxylic acids is 1. The van der Waals surface area contributed by atoms with Crippen molar-refractivity contribution < 1.29 is 14.6 Å². The highest BCUT2D eigenvalue weighted by Gasteiger charge is 2.40. The second kappa shape index (κ2) is 9.54. The second-order valence-electron chi connectivity index (χ2n) is 7.74. The van der Waals surface area contributed by atoms with Crippen LogP contribution in [0.15, 0.2) is 24.8 Å². The second-order valence-corrected chi connectivity index (χ2v) is 7.74. The molecule has 1 aromatic rings. The quantitative estimate of drug-likeness (QED) is 0.680. The largest absolute Gasteiger partial charge is 0.396 e. The van der Waals surface area contributed by atoms with Crippen LogP contribution < -0.4 is 10.2 Å². The molecular weight excluding hydrogens is 354 g/mol. The van der Waals surface area contributed by atoms with Gasteiger partial charge in [0.05, 0.1) is 12.6 Å². The number of carbonyl (C=O) groups is 1. The van der Waals surface area contributed by atoms with Gasteiger partial charge < -0.3 is 25.0 Å². The Morgan fingerprint density at radius 1 is 1.46 bits per heavy atom. The summed E-state index contributed by atoms with van der Waals surface area (Å²) in [4.78, 5) is 17.4. The highest BCUT2D eigenvalue weighted by Crippen LogP contribution is 2.37. The number of morpholine rings is 1. The van der Waals surface area contributed by atoms with Crippen LogP contribution in [-0.4, -0.2) is 68.0 Å². The van der Waals surface area contributed by atoms with E-state index in [9.17, 15) is 4.79 Å². The molecule has 1 heterocycles. The Balaban J connectivity index is 1.83. The van der Waals surface area contributed by atoms with E-state index in [4.69, 9.17) is 9.84 Å². The minimum absolute atomic E-state index is 0.0191. The molecule has 1 aliphatic carbocycles. The summed E-state index contributed by atoms with van der Waals surface area (Å²) in [5.74, 6) is 0.0881. The molecule has 3 rings (SSSR count). The van der Waals surface area contributed by atoms with Crippen LogP contribution >= 0.6 is 0 Å². The van der Waals surface area contributed by atoms with Gasteiger partial charge in [-0.05, 0) is 43.4 Å². The summed E-state index contributed by atoms with van der Waals surface area (Å²) >= 11 is 0. The third-order valence-electron chi connectivity index (χ3n) is 5.63. The van der Waals surface area contributed by atoms with E-state index in [2.05, 4.69) is 41.9 Å². The van der Waals surface area contributed by atoms with Crippen molar-refractivity contribution >= 4 is 17.7 Å². The Labute approximate surface area is 168 Å². The Bertz CT molecular complexity index is 684. The normalized spacial score (nSPS) is 20.5. The number of benzene rings is 1. The van der Waals surface area contributed by atoms with Crippen molar-refractivity contribution in [3.63, 3.8) is 0 Å². The van der Waals surface area contributed by atoms with Gasteiger partial charge in [0, 0.05) is 45.0 Å². The van der Waals surface area contributed by atoms with E-state index in [1.165, 1.54) is 0 Å². The lowest BCUT2D eigenvalue weighted by atomic mass is 10.0. The lowest BCUT2D eigenvalue weighted by Crippen LogP contribution is -2.50. The van der Waals surface area contributed by atoms with Gasteiger partial charge in [-0.1, -0.05) is 24.8 Å². The predicted molar refractivity (Wildman–Crippen MR) is 112 cm³/mol. The van der Waals surface area contributed by atoms with Crippen molar-refractivity contribution in [2.45, 2.75) is 44.4 Å². The first kappa shape index (κ1) is 20.8. The van der Waals surface area contributed by atoms with Crippen LogP contribution in [0.4, 0.5) is 5.69 Å². The number of anilines is 1. The molecule has 1 aliphatic heterocycles. The summed E-state index contributed by atoms with van der Waals surface area (Å²) in [6.07, 6.45) is 4.29. The molecular formula is C22H33N3O3. The summed E-state index contributed by atoms with van der Waals surface area (Å²) in [5, 5.41) is 12.4. The third-order valence-corrected chi connectivity index (χ3v) is 5.63. The van der Waals surface area contributed by atoms with Crippen molar-refractivity contribution in [1.29, 1.82) is 0 Å². The summed E-state index contributed by atoms with van der Waals surface area (Å²) in [6, 6.07) is 6.60. The summed E-state index contributed by atoms with van der Waals surface area (Å²) in [6.45, 7) is 8.93. The maximum atomic E-state index is 13.2. The smallest absolute Gasteiger partial charge is 0.253 e. The first-order valence-corrected chi connectivity index (χ1v) is 10.3. The number of hydrogen-bond donors (Lipinski definition) is 2. The van der Waals surface area contributed by atoms with Crippen LogP contribution in [-0.2, 0) is 9.53 Å². The molecule has 1 saturated heterocycles. The van der Waals surface area contributed by atoms with Crippen molar-refractivity contribution in [2.24, 2.45) is 0 Å². The predicted octanol–water partition coefficient (Wildman–Crippen LogP) is 2.19. The molecule has 28 heavy (non-hydrogen) atoms. The third kappa shape index (κ3) is 4.74. The molecule has 1 saturated carbocycles. The summed E-state index contributed by atoms with van der Waals surface area (Å²) in [7, 11) is 2.03. The standard InChI is InChI=1S/C22H33N3O3/c1-4-17-6-7-18(14-20(17)24(3)11-5-12-26)16(2)25(19-8-9-19)22(27)21-15-23-10-13-28-21/h4,6-7,14,16,19,21,23,26H,1,5,8-13,15H2,2-3H3/t16-,21-/m1/s1. The van der Waals surface area contributed by atoms with Crippen molar-refractivity contribution in [2.75, 3.05) is 44.8 Å². The van der Waals surface area contributed by atoms with Crippen LogP contribution in [0.25, 0.3) is 6.08 Å². The Kier molecular flexibility index (Phi) is 7.10. The number of nitrogens with zero attached hydrogens (tertiary/aromatic N) is 2. The van der Waals surface area contributed by atoms with Gasteiger partial charge in [0.1, 0.15) is 6.10 Å². The van der Waals surface area contributed by atoms with E-state index in [0.717, 1.165) is 42.7 Å². The fraction of sp³-hybridized carbons (Fsp3) is 0.591. The minimum Gasteiger partial charge on any atom is -0.396 e. The molecule has 0 spiro atoms. The highest BCUT2D eigenvalue weighted by molar-refractivity contribution is 5.82. The molecule has 2 atom stereocenters. The van der Waals surface area contributed by atoms with Crippen LogP contribution in [0.1, 0.15) is 43.4 Å². The number of hydrogen-bond acceptors (Lipinski definition) is 5. The van der Waals surface area contributed by atoms with E-state index in [1.807, 2.05) is 18.0 Å². The number of nitrogens with one attached hydrogen (secondary N) is 1. The fourth-order valence-electron chi connectivity index (χ4n) is 3.84. The molecule has 6 heteroatoms. The van der Waals surface area contributed by atoms with E-state index in [-0.39, 0.29) is 18.6 Å². The SMILES string of the molecule is C=Cc1ccc([C@@H](C)N(C(=O)[C@H]2CNCCO2)C2CC2)cc1N(C)CCCO. The first-order chi connectivity index (χ1) is 13.6. The van der Waals surface area contributed by atoms with Gasteiger partial charge in [-0.3, -0.25) is 4.79 Å².